The van der Waals surface area contributed by atoms with Gasteiger partial charge in [-0.05, 0) is 49.1 Å². The van der Waals surface area contributed by atoms with Crippen LogP contribution in [0.5, 0.6) is 0 Å². The van der Waals surface area contributed by atoms with Crippen LogP contribution >= 0.6 is 0 Å². The molecule has 0 aromatic heterocycles. The predicted octanol–water partition coefficient (Wildman–Crippen LogP) is 3.24. The normalized spacial score (nSPS) is 22.9. The van der Waals surface area contributed by atoms with Gasteiger partial charge < -0.3 is 25.9 Å². The highest BCUT2D eigenvalue weighted by Gasteiger charge is 2.47. The third-order valence-electron chi connectivity index (χ3n) is 8.69. The van der Waals surface area contributed by atoms with Gasteiger partial charge in [-0.15, -0.1) is 5.12 Å². The van der Waals surface area contributed by atoms with E-state index in [0.29, 0.717) is 17.7 Å². The number of carboxylic acids is 1. The first-order valence-corrected chi connectivity index (χ1v) is 14.6. The number of carbonyl (C=O) groups excluding carboxylic acids is 2. The van der Waals surface area contributed by atoms with Crippen molar-refractivity contribution in [3.8, 4) is 0 Å². The van der Waals surface area contributed by atoms with Crippen molar-refractivity contribution in [2.45, 2.75) is 82.5 Å². The number of amides is 2. The van der Waals surface area contributed by atoms with E-state index in [0.717, 1.165) is 36.5 Å². The van der Waals surface area contributed by atoms with E-state index in [4.69, 9.17) is 0 Å². The van der Waals surface area contributed by atoms with E-state index in [1.54, 1.807) is 38.3 Å². The molecule has 2 heterocycles. The Hall–Kier alpha value is -3.63. The molecule has 0 spiro atoms. The van der Waals surface area contributed by atoms with E-state index in [9.17, 15) is 24.6 Å². The molecule has 0 unspecified atom stereocenters. The molecule has 0 bridgehead atoms. The molecular formula is C31H41N5O5. The third kappa shape index (κ3) is 6.18. The van der Waals surface area contributed by atoms with Crippen molar-refractivity contribution >= 4 is 28.6 Å². The predicted molar refractivity (Wildman–Crippen MR) is 155 cm³/mol. The average Bonchev–Trinajstić information content (AvgIpc) is 3.56. The van der Waals surface area contributed by atoms with Crippen molar-refractivity contribution in [3.63, 3.8) is 0 Å². The Balaban J connectivity index is 1.40. The van der Waals surface area contributed by atoms with Gasteiger partial charge in [0.15, 0.2) is 0 Å². The minimum atomic E-state index is -1.18. The number of hydrogen-bond acceptors (Lipinski definition) is 7. The van der Waals surface area contributed by atoms with Gasteiger partial charge in [0.25, 0.3) is 5.91 Å². The molecule has 1 saturated heterocycles. The van der Waals surface area contributed by atoms with Crippen molar-refractivity contribution in [1.82, 2.24) is 25.8 Å². The fraction of sp³-hybridized carbons (Fsp3) is 0.516. The molecule has 10 nitrogen and oxygen atoms in total. The van der Waals surface area contributed by atoms with Gasteiger partial charge in [-0.2, -0.15) is 0 Å². The molecule has 2 aromatic rings. The summed E-state index contributed by atoms with van der Waals surface area (Å²) in [6.45, 7) is 3.49. The SMILES string of the molecule is CN1NC=C(C(C)(C)O)N1[C@H]1C[C@@H](C(=O)O)N(C(=O)[C@@H](CC2CCCCC2)NC(=O)c2ccc3ccccc3c2)C1. The minimum Gasteiger partial charge on any atom is -0.480 e. The number of likely N-dealkylation sites (tertiary alicyclic amines) is 1. The second kappa shape index (κ2) is 11.7. The van der Waals surface area contributed by atoms with Crippen LogP contribution in [0, 0.1) is 5.92 Å². The maximum atomic E-state index is 14.2. The number of nitrogens with one attached hydrogen (secondary N) is 2. The third-order valence-corrected chi connectivity index (χ3v) is 8.69. The molecule has 2 amide bonds. The van der Waals surface area contributed by atoms with Crippen LogP contribution in [0.4, 0.5) is 0 Å². The number of aliphatic carboxylic acids is 1. The van der Waals surface area contributed by atoms with Gasteiger partial charge in [0.2, 0.25) is 5.91 Å². The number of nitrogens with zero attached hydrogens (tertiary/aromatic N) is 3. The summed E-state index contributed by atoms with van der Waals surface area (Å²) in [7, 11) is 1.78. The smallest absolute Gasteiger partial charge is 0.326 e. The van der Waals surface area contributed by atoms with Crippen LogP contribution in [-0.4, -0.2) is 80.3 Å². The van der Waals surface area contributed by atoms with Gasteiger partial charge >= 0.3 is 5.97 Å². The van der Waals surface area contributed by atoms with E-state index >= 15 is 0 Å². The van der Waals surface area contributed by atoms with E-state index in [-0.39, 0.29) is 36.7 Å². The Kier molecular flexibility index (Phi) is 8.24. The molecule has 2 aliphatic heterocycles. The maximum Gasteiger partial charge on any atom is 0.326 e. The van der Waals surface area contributed by atoms with Gasteiger partial charge in [0.1, 0.15) is 17.7 Å². The van der Waals surface area contributed by atoms with Gasteiger partial charge in [-0.25, -0.2) is 4.79 Å². The molecule has 0 radical (unpaired) electrons. The molecule has 4 N–H and O–H groups in total. The number of rotatable bonds is 8. The standard InChI is InChI=1S/C31H41N5O5/c1-31(2,41)27-18-32-34(3)36(27)24-17-26(30(39)40)35(19-24)29(38)25(15-20-9-5-4-6-10-20)33-28(37)23-14-13-21-11-7-8-12-22(21)16-23/h7-8,11-14,16,18,20,24-26,32,41H,4-6,9-10,15,17,19H2,1-3H3,(H,33,37)(H,39,40)/t24-,25+,26-/m0/s1. The van der Waals surface area contributed by atoms with Gasteiger partial charge in [0.05, 0.1) is 11.7 Å². The van der Waals surface area contributed by atoms with Gasteiger partial charge in [-0.1, -0.05) is 62.4 Å². The lowest BCUT2D eigenvalue weighted by Gasteiger charge is -2.37. The van der Waals surface area contributed by atoms with Crippen LogP contribution in [0.25, 0.3) is 10.8 Å². The van der Waals surface area contributed by atoms with E-state index in [1.165, 1.54) is 11.3 Å². The number of hydrogen-bond donors (Lipinski definition) is 4. The van der Waals surface area contributed by atoms with Crippen molar-refractivity contribution in [3.05, 3.63) is 59.9 Å². The molecule has 2 aromatic carbocycles. The van der Waals surface area contributed by atoms with Crippen molar-refractivity contribution in [2.24, 2.45) is 5.92 Å². The molecule has 1 saturated carbocycles. The van der Waals surface area contributed by atoms with Gasteiger partial charge in [-0.3, -0.25) is 14.6 Å². The molecule has 5 rings (SSSR count). The second-order valence-electron chi connectivity index (χ2n) is 12.1. The molecule has 10 heteroatoms. The van der Waals surface area contributed by atoms with Crippen LogP contribution in [0.2, 0.25) is 0 Å². The number of fused-ring (bicyclic) bond motifs is 1. The number of benzene rings is 2. The molecule has 220 valence electrons. The number of hydrazine groups is 2. The second-order valence-corrected chi connectivity index (χ2v) is 12.1. The summed E-state index contributed by atoms with van der Waals surface area (Å²) < 4.78 is 0. The van der Waals surface area contributed by atoms with Crippen LogP contribution in [0.3, 0.4) is 0 Å². The zero-order valence-electron chi connectivity index (χ0n) is 24.0. The first-order valence-electron chi connectivity index (χ1n) is 14.6. The largest absolute Gasteiger partial charge is 0.480 e. The fourth-order valence-electron chi connectivity index (χ4n) is 6.56. The molecule has 2 fully saturated rings. The Morgan fingerprint density at radius 1 is 1.07 bits per heavy atom. The Labute approximate surface area is 240 Å². The van der Waals surface area contributed by atoms with Crippen molar-refractivity contribution in [1.29, 1.82) is 0 Å². The molecule has 1 aliphatic carbocycles. The number of aliphatic hydroxyl groups is 1. The zero-order valence-corrected chi connectivity index (χ0v) is 24.0. The van der Waals surface area contributed by atoms with Crippen molar-refractivity contribution < 1.29 is 24.6 Å². The molecule has 3 atom stereocenters. The summed E-state index contributed by atoms with van der Waals surface area (Å²) in [6.07, 6.45) is 7.69. The topological polar surface area (TPSA) is 125 Å². The quantitative estimate of drug-likeness (QED) is 0.386. The Bertz CT molecular complexity index is 1330. The summed E-state index contributed by atoms with van der Waals surface area (Å²) >= 11 is 0. The van der Waals surface area contributed by atoms with Crippen LogP contribution in [-0.2, 0) is 9.59 Å². The highest BCUT2D eigenvalue weighted by molar-refractivity contribution is 6.01. The highest BCUT2D eigenvalue weighted by atomic mass is 16.4. The summed E-state index contributed by atoms with van der Waals surface area (Å²) in [4.78, 5) is 41.5. The summed E-state index contributed by atoms with van der Waals surface area (Å²) in [5.74, 6) is -1.51. The van der Waals surface area contributed by atoms with E-state index < -0.39 is 23.7 Å². The van der Waals surface area contributed by atoms with Crippen LogP contribution in [0.1, 0.15) is 69.2 Å². The molecular weight excluding hydrogens is 522 g/mol. The first kappa shape index (κ1) is 28.9. The monoisotopic (exact) mass is 563 g/mol. The maximum absolute atomic E-state index is 14.2. The van der Waals surface area contributed by atoms with Crippen LogP contribution < -0.4 is 10.7 Å². The Morgan fingerprint density at radius 3 is 2.46 bits per heavy atom. The summed E-state index contributed by atoms with van der Waals surface area (Å²) in [6, 6.07) is 11.0. The van der Waals surface area contributed by atoms with Gasteiger partial charge in [0, 0.05) is 31.8 Å². The molecule has 3 aliphatic rings. The highest BCUT2D eigenvalue weighted by Crippen LogP contribution is 2.34. The lowest BCUT2D eigenvalue weighted by molar-refractivity contribution is -0.149. The average molecular weight is 564 g/mol. The lowest BCUT2D eigenvalue weighted by atomic mass is 9.84. The number of carboxylic acid groups (broad SMARTS) is 1. The lowest BCUT2D eigenvalue weighted by Crippen LogP contribution is -2.53. The van der Waals surface area contributed by atoms with Crippen LogP contribution in [0.15, 0.2) is 54.4 Å². The van der Waals surface area contributed by atoms with E-state index in [2.05, 4.69) is 10.7 Å². The zero-order chi connectivity index (χ0) is 29.3. The van der Waals surface area contributed by atoms with Crippen molar-refractivity contribution in [2.75, 3.05) is 13.6 Å². The fourth-order valence-corrected chi connectivity index (χ4v) is 6.56. The minimum absolute atomic E-state index is 0.155. The molecule has 41 heavy (non-hydrogen) atoms. The summed E-state index contributed by atoms with van der Waals surface area (Å²) in [5, 5.41) is 29.4. The Morgan fingerprint density at radius 2 is 1.78 bits per heavy atom. The first-order chi connectivity index (χ1) is 19.5. The number of carbonyl (C=O) groups is 3. The summed E-state index contributed by atoms with van der Waals surface area (Å²) in [5.41, 5.74) is 2.93. The van der Waals surface area contributed by atoms with E-state index in [1.807, 2.05) is 41.4 Å².